The van der Waals surface area contributed by atoms with E-state index in [9.17, 15) is 10.1 Å². The van der Waals surface area contributed by atoms with Crippen molar-refractivity contribution in [1.82, 2.24) is 19.7 Å². The van der Waals surface area contributed by atoms with Gasteiger partial charge in [0.25, 0.3) is 0 Å². The van der Waals surface area contributed by atoms with Crippen LogP contribution in [0.2, 0.25) is 18.1 Å². The van der Waals surface area contributed by atoms with Gasteiger partial charge in [0.05, 0.1) is 36.3 Å². The molecule has 1 N–H and O–H groups in total. The topological polar surface area (TPSA) is 137 Å². The van der Waals surface area contributed by atoms with E-state index in [2.05, 4.69) is 62.3 Å². The van der Waals surface area contributed by atoms with E-state index in [4.69, 9.17) is 23.6 Å². The third-order valence-corrected chi connectivity index (χ3v) is 13.3. The summed E-state index contributed by atoms with van der Waals surface area (Å²) in [5.41, 5.74) is 2.42. The van der Waals surface area contributed by atoms with Crippen molar-refractivity contribution in [3.63, 3.8) is 0 Å². The number of carbonyl (C=O) groups is 1. The number of nitrogens with one attached hydrogen (secondary N) is 1. The number of hydrogen-bond acceptors (Lipinski definition) is 10. The van der Waals surface area contributed by atoms with Gasteiger partial charge in [0, 0.05) is 37.4 Å². The number of nitrogens with zero attached hydrogens (tertiary/aromatic N) is 6. The molecular formula is C33H45N7O5Si. The minimum atomic E-state index is -2.14. The van der Waals surface area contributed by atoms with Crippen molar-refractivity contribution in [1.29, 1.82) is 5.26 Å². The molecule has 3 aromatic rings. The first kappa shape index (κ1) is 33.4. The van der Waals surface area contributed by atoms with Crippen LogP contribution in [0.3, 0.4) is 0 Å². The van der Waals surface area contributed by atoms with E-state index in [1.165, 1.54) is 0 Å². The molecule has 1 amide bonds. The summed E-state index contributed by atoms with van der Waals surface area (Å²) in [7, 11) is -0.498. The summed E-state index contributed by atoms with van der Waals surface area (Å²) in [5.74, 6) is 0.950. The van der Waals surface area contributed by atoms with Gasteiger partial charge in [-0.05, 0) is 62.7 Å². The molecule has 2 aromatic heterocycles. The van der Waals surface area contributed by atoms with Crippen LogP contribution in [0, 0.1) is 11.3 Å². The van der Waals surface area contributed by atoms with Crippen LogP contribution >= 0.6 is 0 Å². The van der Waals surface area contributed by atoms with E-state index in [1.54, 1.807) is 41.2 Å². The summed E-state index contributed by atoms with van der Waals surface area (Å²) < 4.78 is 25.5. The van der Waals surface area contributed by atoms with Gasteiger partial charge in [-0.15, -0.1) is 0 Å². The van der Waals surface area contributed by atoms with Crippen LogP contribution in [0.25, 0.3) is 11.3 Å². The molecule has 12 nitrogen and oxygen atoms in total. The molecule has 13 heteroatoms. The highest BCUT2D eigenvalue weighted by Crippen LogP contribution is 2.47. The van der Waals surface area contributed by atoms with Gasteiger partial charge in [0.15, 0.2) is 8.32 Å². The molecule has 5 rings (SSSR count). The Morgan fingerprint density at radius 1 is 1.24 bits per heavy atom. The Balaban J connectivity index is 1.52. The van der Waals surface area contributed by atoms with Crippen LogP contribution in [0.5, 0.6) is 5.88 Å². The predicted octanol–water partition coefficient (Wildman–Crippen LogP) is 6.40. The van der Waals surface area contributed by atoms with Gasteiger partial charge in [0.2, 0.25) is 11.8 Å². The average Bonchev–Trinajstić information content (AvgIpc) is 3.63. The maximum atomic E-state index is 13.5. The molecule has 0 saturated carbocycles. The van der Waals surface area contributed by atoms with Crippen LogP contribution in [0.15, 0.2) is 30.6 Å². The van der Waals surface area contributed by atoms with Crippen molar-refractivity contribution in [2.24, 2.45) is 0 Å². The summed E-state index contributed by atoms with van der Waals surface area (Å²) in [6.07, 6.45) is 2.73. The SMILES string of the molecule is COC[C@@H]1Cn2ncc(Nc3nccc(-c4cc(C#N)c5c(c4)[C@@](C)(CO[Si](C)(C)C(C)(C)C)CN5C(=O)OC(C)(C)C)n3)c2O1. The Kier molecular flexibility index (Phi) is 8.69. The first-order valence-electron chi connectivity index (χ1n) is 15.5. The van der Waals surface area contributed by atoms with E-state index in [1.807, 2.05) is 26.8 Å². The van der Waals surface area contributed by atoms with E-state index in [0.29, 0.717) is 60.8 Å². The highest BCUT2D eigenvalue weighted by atomic mass is 28.4. The van der Waals surface area contributed by atoms with Crippen LogP contribution in [-0.2, 0) is 25.9 Å². The molecule has 0 bridgehead atoms. The predicted molar refractivity (Wildman–Crippen MR) is 178 cm³/mol. The highest BCUT2D eigenvalue weighted by Gasteiger charge is 2.47. The first-order chi connectivity index (χ1) is 21.4. The monoisotopic (exact) mass is 647 g/mol. The number of methoxy groups -OCH3 is 1. The number of fused-ring (bicyclic) bond motifs is 2. The van der Waals surface area contributed by atoms with E-state index in [0.717, 1.165) is 11.1 Å². The molecule has 46 heavy (non-hydrogen) atoms. The second-order valence-electron chi connectivity index (χ2n) is 14.8. The lowest BCUT2D eigenvalue weighted by molar-refractivity contribution is 0.0575. The van der Waals surface area contributed by atoms with Crippen LogP contribution in [-0.4, -0.2) is 72.7 Å². The van der Waals surface area contributed by atoms with Crippen LogP contribution in [0.4, 0.5) is 22.1 Å². The minimum absolute atomic E-state index is 0.00521. The molecule has 0 unspecified atom stereocenters. The van der Waals surface area contributed by atoms with Crippen molar-refractivity contribution in [3.05, 3.63) is 41.7 Å². The molecule has 1 aromatic carbocycles. The second kappa shape index (κ2) is 12.0. The molecule has 2 aliphatic rings. The second-order valence-corrected chi connectivity index (χ2v) is 19.6. The molecular weight excluding hydrogens is 602 g/mol. The summed E-state index contributed by atoms with van der Waals surface area (Å²) >= 11 is 0. The van der Waals surface area contributed by atoms with Crippen LogP contribution in [0.1, 0.15) is 59.6 Å². The Bertz CT molecular complexity index is 1670. The van der Waals surface area contributed by atoms with E-state index in [-0.39, 0.29) is 11.1 Å². The number of hydrogen-bond donors (Lipinski definition) is 1. The molecule has 0 aliphatic carbocycles. The van der Waals surface area contributed by atoms with Gasteiger partial charge < -0.3 is 24.0 Å². The maximum Gasteiger partial charge on any atom is 0.414 e. The Morgan fingerprint density at radius 2 is 1.98 bits per heavy atom. The zero-order chi connectivity index (χ0) is 33.7. The van der Waals surface area contributed by atoms with Gasteiger partial charge in [-0.1, -0.05) is 27.7 Å². The molecule has 0 fully saturated rings. The lowest BCUT2D eigenvalue weighted by atomic mass is 9.83. The van der Waals surface area contributed by atoms with Crippen molar-refractivity contribution < 1.29 is 23.4 Å². The number of rotatable bonds is 8. The average molecular weight is 648 g/mol. The number of nitriles is 1. The molecule has 4 heterocycles. The number of aromatic nitrogens is 4. The zero-order valence-corrected chi connectivity index (χ0v) is 29.5. The first-order valence-corrected chi connectivity index (χ1v) is 18.4. The lowest BCUT2D eigenvalue weighted by Crippen LogP contribution is -2.46. The van der Waals surface area contributed by atoms with Crippen molar-refractivity contribution in [2.45, 2.75) is 90.3 Å². The Morgan fingerprint density at radius 3 is 2.63 bits per heavy atom. The van der Waals surface area contributed by atoms with E-state index >= 15 is 0 Å². The van der Waals surface area contributed by atoms with Crippen molar-refractivity contribution in [3.8, 4) is 23.2 Å². The fourth-order valence-electron chi connectivity index (χ4n) is 5.36. The molecule has 246 valence electrons. The standard InChI is InChI=1S/C33H45N7O5Si/c1-31(2,3)45-30(41)39-19-33(7,20-43-46(9,10)32(4,5)6)24-14-21(13-22(15-34)27(24)39)25-11-12-35-29(37-25)38-26-16-36-40-17-23(18-42-8)44-28(26)40/h11-14,16,23H,17-20H2,1-10H3,(H,35,37,38)/t23-,33+/m0/s1. The summed E-state index contributed by atoms with van der Waals surface area (Å²) in [5, 5.41) is 18.0. The normalized spacial score (nSPS) is 19.3. The Labute approximate surface area is 272 Å². The summed E-state index contributed by atoms with van der Waals surface area (Å²) in [6, 6.07) is 7.91. The molecule has 0 spiro atoms. The largest absolute Gasteiger partial charge is 0.469 e. The van der Waals surface area contributed by atoms with Gasteiger partial charge in [-0.3, -0.25) is 4.90 Å². The number of anilines is 3. The lowest BCUT2D eigenvalue weighted by Gasteiger charge is -2.39. The third-order valence-electron chi connectivity index (χ3n) is 8.83. The zero-order valence-electron chi connectivity index (χ0n) is 28.5. The Hall–Kier alpha value is -3.99. The molecule has 0 saturated heterocycles. The van der Waals surface area contributed by atoms with Gasteiger partial charge in [-0.25, -0.2) is 19.4 Å². The molecule has 2 atom stereocenters. The minimum Gasteiger partial charge on any atom is -0.469 e. The van der Waals surface area contributed by atoms with Crippen molar-refractivity contribution >= 4 is 31.7 Å². The maximum absolute atomic E-state index is 13.5. The summed E-state index contributed by atoms with van der Waals surface area (Å²) in [4.78, 5) is 24.3. The number of benzene rings is 1. The van der Waals surface area contributed by atoms with Gasteiger partial charge in [0.1, 0.15) is 23.5 Å². The van der Waals surface area contributed by atoms with Crippen molar-refractivity contribution in [2.75, 3.05) is 37.1 Å². The smallest absolute Gasteiger partial charge is 0.414 e. The van der Waals surface area contributed by atoms with E-state index < -0.39 is 25.4 Å². The summed E-state index contributed by atoms with van der Waals surface area (Å²) in [6.45, 7) is 20.4. The number of ether oxygens (including phenoxy) is 3. The van der Waals surface area contributed by atoms with Gasteiger partial charge >= 0.3 is 6.09 Å². The van der Waals surface area contributed by atoms with Gasteiger partial charge in [-0.2, -0.15) is 10.4 Å². The quantitative estimate of drug-likeness (QED) is 0.274. The van der Waals surface area contributed by atoms with Crippen LogP contribution < -0.4 is 15.0 Å². The fourth-order valence-corrected chi connectivity index (χ4v) is 6.47. The third kappa shape index (κ3) is 6.60. The molecule has 0 radical (unpaired) electrons. The number of amides is 1. The number of carbonyl (C=O) groups excluding carboxylic acids is 1. The fraction of sp³-hybridized carbons (Fsp3) is 0.545. The highest BCUT2D eigenvalue weighted by molar-refractivity contribution is 6.74. The molecule has 2 aliphatic heterocycles.